The molecule has 5 nitrogen and oxygen atoms in total. The van der Waals surface area contributed by atoms with E-state index in [2.05, 4.69) is 0 Å². The zero-order chi connectivity index (χ0) is 11.7. The van der Waals surface area contributed by atoms with E-state index in [0.717, 1.165) is 0 Å². The molecule has 0 aromatic rings. The van der Waals surface area contributed by atoms with E-state index in [1.807, 2.05) is 13.8 Å². The molecule has 3 unspecified atom stereocenters. The number of carbonyl (C=O) groups excluding carboxylic acids is 1. The van der Waals surface area contributed by atoms with Gasteiger partial charge in [-0.3, -0.25) is 4.79 Å². The molecule has 88 valence electrons. The number of aliphatic hydroxyl groups excluding tert-OH is 3. The number of hydrogen-bond acceptors (Lipinski definition) is 5. The van der Waals surface area contributed by atoms with Crippen LogP contribution in [0.3, 0.4) is 0 Å². The molecule has 0 amide bonds. The molecule has 15 heavy (non-hydrogen) atoms. The van der Waals surface area contributed by atoms with Crippen molar-refractivity contribution >= 4 is 5.78 Å². The lowest BCUT2D eigenvalue weighted by atomic mass is 9.88. The molecule has 1 rings (SSSR count). The van der Waals surface area contributed by atoms with Crippen LogP contribution in [0.15, 0.2) is 0 Å². The van der Waals surface area contributed by atoms with Gasteiger partial charge in [-0.25, -0.2) is 0 Å². The van der Waals surface area contributed by atoms with E-state index in [4.69, 9.17) is 4.74 Å². The summed E-state index contributed by atoms with van der Waals surface area (Å²) >= 11 is 0. The minimum Gasteiger partial charge on any atom is -0.388 e. The van der Waals surface area contributed by atoms with Crippen LogP contribution in [0.2, 0.25) is 0 Å². The predicted octanol–water partition coefficient (Wildman–Crippen LogP) is -0.919. The van der Waals surface area contributed by atoms with E-state index in [9.17, 15) is 20.1 Å². The van der Waals surface area contributed by atoms with Crippen LogP contribution in [0.1, 0.15) is 20.8 Å². The highest BCUT2D eigenvalue weighted by molar-refractivity contribution is 5.81. The first-order valence-corrected chi connectivity index (χ1v) is 5.06. The van der Waals surface area contributed by atoms with Gasteiger partial charge in [-0.15, -0.1) is 0 Å². The highest BCUT2D eigenvalue weighted by Gasteiger charge is 2.46. The lowest BCUT2D eigenvalue weighted by Gasteiger charge is -2.41. The molecule has 0 saturated carbocycles. The molecule has 0 bridgehead atoms. The SMILES string of the molecule is CC(=O)C1O[C@H](C(C)C)C(O)[C@@H](O)C1O. The van der Waals surface area contributed by atoms with Crippen molar-refractivity contribution in [1.29, 1.82) is 0 Å². The van der Waals surface area contributed by atoms with Crippen molar-refractivity contribution in [3.8, 4) is 0 Å². The summed E-state index contributed by atoms with van der Waals surface area (Å²) < 4.78 is 5.29. The standard InChI is InChI=1S/C10H18O5/c1-4(2)9-7(13)6(12)8(14)10(15-9)5(3)11/h4,6-10,12-14H,1-3H3/t6-,7?,8?,9-,10?/m1/s1. The summed E-state index contributed by atoms with van der Waals surface area (Å²) in [5.41, 5.74) is 0. The lowest BCUT2D eigenvalue weighted by Crippen LogP contribution is -2.60. The molecular weight excluding hydrogens is 200 g/mol. The molecular formula is C10H18O5. The molecule has 5 atom stereocenters. The molecule has 0 aromatic heterocycles. The largest absolute Gasteiger partial charge is 0.388 e. The first-order chi connectivity index (χ1) is 6.86. The third-order valence-electron chi connectivity index (χ3n) is 2.71. The number of aliphatic hydroxyl groups is 3. The van der Waals surface area contributed by atoms with Gasteiger partial charge in [0.15, 0.2) is 5.78 Å². The summed E-state index contributed by atoms with van der Waals surface area (Å²) in [4.78, 5) is 11.2. The Morgan fingerprint density at radius 3 is 2.07 bits per heavy atom. The smallest absolute Gasteiger partial charge is 0.161 e. The van der Waals surface area contributed by atoms with Gasteiger partial charge in [-0.1, -0.05) is 13.8 Å². The van der Waals surface area contributed by atoms with E-state index in [0.29, 0.717) is 0 Å². The first-order valence-electron chi connectivity index (χ1n) is 5.06. The number of ketones is 1. The summed E-state index contributed by atoms with van der Waals surface area (Å²) in [6.45, 7) is 4.92. The number of carbonyl (C=O) groups is 1. The van der Waals surface area contributed by atoms with E-state index in [1.54, 1.807) is 0 Å². The van der Waals surface area contributed by atoms with Crippen LogP contribution in [-0.4, -0.2) is 51.6 Å². The molecule has 0 aliphatic carbocycles. The topological polar surface area (TPSA) is 87.0 Å². The Bertz CT molecular complexity index is 240. The first kappa shape index (κ1) is 12.6. The van der Waals surface area contributed by atoms with Crippen LogP contribution in [0, 0.1) is 5.92 Å². The number of ether oxygens (including phenoxy) is 1. The number of Topliss-reactive ketones (excluding diaryl/α,β-unsaturated/α-hetero) is 1. The minimum absolute atomic E-state index is 0.0380. The third-order valence-corrected chi connectivity index (χ3v) is 2.71. The van der Waals surface area contributed by atoms with Crippen molar-refractivity contribution in [2.75, 3.05) is 0 Å². The Labute approximate surface area is 88.7 Å². The summed E-state index contributed by atoms with van der Waals surface area (Å²) in [6.07, 6.45) is -5.52. The highest BCUT2D eigenvalue weighted by atomic mass is 16.5. The van der Waals surface area contributed by atoms with Crippen molar-refractivity contribution in [3.05, 3.63) is 0 Å². The van der Waals surface area contributed by atoms with E-state index in [-0.39, 0.29) is 11.7 Å². The monoisotopic (exact) mass is 218 g/mol. The Morgan fingerprint density at radius 1 is 1.13 bits per heavy atom. The van der Waals surface area contributed by atoms with E-state index >= 15 is 0 Å². The van der Waals surface area contributed by atoms with Crippen LogP contribution in [0.5, 0.6) is 0 Å². The molecule has 0 radical (unpaired) electrons. The molecule has 5 heteroatoms. The molecule has 0 spiro atoms. The van der Waals surface area contributed by atoms with Gasteiger partial charge in [-0.2, -0.15) is 0 Å². The summed E-state index contributed by atoms with van der Waals surface area (Å²) in [5.74, 6) is -0.386. The summed E-state index contributed by atoms with van der Waals surface area (Å²) in [7, 11) is 0. The normalized spacial score (nSPS) is 41.9. The average molecular weight is 218 g/mol. The second-order valence-corrected chi connectivity index (χ2v) is 4.35. The quantitative estimate of drug-likeness (QED) is 0.558. The van der Waals surface area contributed by atoms with Gasteiger partial charge in [0, 0.05) is 0 Å². The Balaban J connectivity index is 2.85. The van der Waals surface area contributed by atoms with E-state index < -0.39 is 30.5 Å². The molecule has 0 aromatic carbocycles. The maximum atomic E-state index is 11.2. The zero-order valence-corrected chi connectivity index (χ0v) is 9.12. The third kappa shape index (κ3) is 2.36. The van der Waals surface area contributed by atoms with Gasteiger partial charge in [-0.05, 0) is 12.8 Å². The maximum absolute atomic E-state index is 11.2. The highest BCUT2D eigenvalue weighted by Crippen LogP contribution is 2.26. The van der Waals surface area contributed by atoms with Crippen molar-refractivity contribution in [2.45, 2.75) is 51.3 Å². The van der Waals surface area contributed by atoms with Crippen molar-refractivity contribution in [2.24, 2.45) is 5.92 Å². The van der Waals surface area contributed by atoms with Crippen LogP contribution in [0.4, 0.5) is 0 Å². The van der Waals surface area contributed by atoms with Gasteiger partial charge >= 0.3 is 0 Å². The Kier molecular flexibility index (Phi) is 3.83. The van der Waals surface area contributed by atoms with Crippen LogP contribution < -0.4 is 0 Å². The Hall–Kier alpha value is -0.490. The predicted molar refractivity (Wildman–Crippen MR) is 52.2 cm³/mol. The average Bonchev–Trinajstić information content (AvgIpc) is 2.13. The maximum Gasteiger partial charge on any atom is 0.161 e. The Morgan fingerprint density at radius 2 is 1.67 bits per heavy atom. The van der Waals surface area contributed by atoms with Gasteiger partial charge in [0.2, 0.25) is 0 Å². The van der Waals surface area contributed by atoms with Gasteiger partial charge in [0.25, 0.3) is 0 Å². The second-order valence-electron chi connectivity index (χ2n) is 4.35. The van der Waals surface area contributed by atoms with Crippen LogP contribution in [0.25, 0.3) is 0 Å². The van der Waals surface area contributed by atoms with Gasteiger partial charge in [0.1, 0.15) is 24.4 Å². The van der Waals surface area contributed by atoms with Crippen molar-refractivity contribution < 1.29 is 24.9 Å². The fraction of sp³-hybridized carbons (Fsp3) is 0.900. The van der Waals surface area contributed by atoms with E-state index in [1.165, 1.54) is 6.92 Å². The van der Waals surface area contributed by atoms with Crippen LogP contribution >= 0.6 is 0 Å². The summed E-state index contributed by atoms with van der Waals surface area (Å²) in [5, 5.41) is 28.7. The molecule has 1 saturated heterocycles. The van der Waals surface area contributed by atoms with Crippen molar-refractivity contribution in [3.63, 3.8) is 0 Å². The molecule has 1 heterocycles. The van der Waals surface area contributed by atoms with Gasteiger partial charge < -0.3 is 20.1 Å². The van der Waals surface area contributed by atoms with Gasteiger partial charge in [0.05, 0.1) is 6.10 Å². The molecule has 1 aliphatic heterocycles. The number of hydrogen-bond donors (Lipinski definition) is 3. The van der Waals surface area contributed by atoms with Crippen LogP contribution in [-0.2, 0) is 9.53 Å². The fourth-order valence-corrected chi connectivity index (χ4v) is 1.79. The number of rotatable bonds is 2. The fourth-order valence-electron chi connectivity index (χ4n) is 1.79. The molecule has 1 aliphatic rings. The molecule has 1 fully saturated rings. The minimum atomic E-state index is -1.35. The zero-order valence-electron chi connectivity index (χ0n) is 9.12. The summed E-state index contributed by atoms with van der Waals surface area (Å²) in [6, 6.07) is 0. The van der Waals surface area contributed by atoms with Crippen molar-refractivity contribution in [1.82, 2.24) is 0 Å². The molecule has 3 N–H and O–H groups in total. The second kappa shape index (κ2) is 4.57. The lowest BCUT2D eigenvalue weighted by molar-refractivity contribution is -0.227.